The van der Waals surface area contributed by atoms with Crippen molar-refractivity contribution in [2.24, 2.45) is 0 Å². The van der Waals surface area contributed by atoms with Crippen LogP contribution in [0.3, 0.4) is 0 Å². The smallest absolute Gasteiger partial charge is 0.335 e. The molecule has 0 radical (unpaired) electrons. The van der Waals surface area contributed by atoms with Gasteiger partial charge in [-0.15, -0.1) is 0 Å². The highest BCUT2D eigenvalue weighted by molar-refractivity contribution is 5.82. The number of allylic oxidation sites excluding steroid dienone is 5. The predicted molar refractivity (Wildman–Crippen MR) is 47.4 cm³/mol. The minimum absolute atomic E-state index is 0.293. The van der Waals surface area contributed by atoms with E-state index in [0.29, 0.717) is 0 Å². The lowest BCUT2D eigenvalue weighted by atomic mass is 10.2. The Kier molecular flexibility index (Phi) is 3.33. The van der Waals surface area contributed by atoms with E-state index in [2.05, 4.69) is 0 Å². The van der Waals surface area contributed by atoms with E-state index in [1.54, 1.807) is 13.0 Å². The molecule has 0 fully saturated rings. The lowest BCUT2D eigenvalue weighted by Gasteiger charge is -2.07. The molecule has 1 aliphatic rings. The predicted octanol–water partition coefficient (Wildman–Crippen LogP) is 2.34. The number of hydrogen-bond donors (Lipinski definition) is 0. The summed E-state index contributed by atoms with van der Waals surface area (Å²) in [6.07, 6.45) is 10.6. The van der Waals surface area contributed by atoms with E-state index in [1.165, 1.54) is 6.08 Å². The Balaban J connectivity index is 2.45. The molecule has 0 saturated heterocycles. The molecule has 0 aromatic heterocycles. The number of esters is 1. The Morgan fingerprint density at radius 2 is 2.50 bits per heavy atom. The Labute approximate surface area is 72.2 Å². The number of hydrogen-bond acceptors (Lipinski definition) is 2. The monoisotopic (exact) mass is 164 g/mol. The molecule has 1 rings (SSSR count). The fourth-order valence-electron chi connectivity index (χ4n) is 0.965. The van der Waals surface area contributed by atoms with Crippen molar-refractivity contribution in [1.29, 1.82) is 0 Å². The first-order valence-corrected chi connectivity index (χ1v) is 4.03. The lowest BCUT2D eigenvalue weighted by Crippen LogP contribution is -2.01. The number of ether oxygens (including phenoxy) is 1. The molecule has 0 saturated carbocycles. The molecule has 0 aliphatic heterocycles. The standard InChI is InChI=1S/C10H12O2/c1-2-6-10(11)12-9-7-4-3-5-8-9/h2-4,6-7H,5,8H2,1H3/b6-2+. The normalized spacial score (nSPS) is 16.2. The third kappa shape index (κ3) is 2.74. The average molecular weight is 164 g/mol. The number of carbonyl (C=O) groups is 1. The second-order valence-corrected chi connectivity index (χ2v) is 2.52. The molecule has 2 nitrogen and oxygen atoms in total. The van der Waals surface area contributed by atoms with Gasteiger partial charge in [0.25, 0.3) is 0 Å². The first-order chi connectivity index (χ1) is 5.83. The Morgan fingerprint density at radius 1 is 1.67 bits per heavy atom. The van der Waals surface area contributed by atoms with E-state index in [4.69, 9.17) is 4.74 Å². The molecule has 0 amide bonds. The Bertz CT molecular complexity index is 247. The molecule has 0 spiro atoms. The molecule has 0 heterocycles. The second kappa shape index (κ2) is 4.54. The fraction of sp³-hybridized carbons (Fsp3) is 0.300. The summed E-state index contributed by atoms with van der Waals surface area (Å²) < 4.78 is 5.02. The van der Waals surface area contributed by atoms with Crippen LogP contribution in [0.2, 0.25) is 0 Å². The molecule has 0 atom stereocenters. The quantitative estimate of drug-likeness (QED) is 0.462. The van der Waals surface area contributed by atoms with Crippen molar-refractivity contribution in [3.8, 4) is 0 Å². The van der Waals surface area contributed by atoms with Gasteiger partial charge in [-0.3, -0.25) is 0 Å². The minimum Gasteiger partial charge on any atom is -0.428 e. The molecular weight excluding hydrogens is 152 g/mol. The molecule has 0 aromatic rings. The van der Waals surface area contributed by atoms with Crippen molar-refractivity contribution in [2.45, 2.75) is 19.8 Å². The van der Waals surface area contributed by atoms with Gasteiger partial charge in [-0.2, -0.15) is 0 Å². The van der Waals surface area contributed by atoms with Gasteiger partial charge in [-0.05, 0) is 19.4 Å². The van der Waals surface area contributed by atoms with Crippen LogP contribution >= 0.6 is 0 Å². The molecule has 12 heavy (non-hydrogen) atoms. The second-order valence-electron chi connectivity index (χ2n) is 2.52. The van der Waals surface area contributed by atoms with Crippen molar-refractivity contribution < 1.29 is 9.53 Å². The Hall–Kier alpha value is -1.31. The zero-order chi connectivity index (χ0) is 8.81. The molecule has 0 bridgehead atoms. The summed E-state index contributed by atoms with van der Waals surface area (Å²) >= 11 is 0. The van der Waals surface area contributed by atoms with E-state index in [-0.39, 0.29) is 5.97 Å². The van der Waals surface area contributed by atoms with Gasteiger partial charge in [0.1, 0.15) is 5.76 Å². The van der Waals surface area contributed by atoms with Crippen molar-refractivity contribution in [3.63, 3.8) is 0 Å². The SMILES string of the molecule is C/C=C/C(=O)OC1=CC=CCC1. The number of rotatable bonds is 2. The van der Waals surface area contributed by atoms with Gasteiger partial charge in [-0.1, -0.05) is 18.2 Å². The van der Waals surface area contributed by atoms with Crippen LogP contribution in [0.5, 0.6) is 0 Å². The first-order valence-electron chi connectivity index (χ1n) is 4.03. The van der Waals surface area contributed by atoms with Crippen LogP contribution in [-0.4, -0.2) is 5.97 Å². The van der Waals surface area contributed by atoms with Crippen LogP contribution in [0.15, 0.2) is 36.1 Å². The molecule has 2 heteroatoms. The van der Waals surface area contributed by atoms with Crippen LogP contribution in [-0.2, 0) is 9.53 Å². The van der Waals surface area contributed by atoms with Gasteiger partial charge in [0, 0.05) is 12.5 Å². The fourth-order valence-corrected chi connectivity index (χ4v) is 0.965. The summed E-state index contributed by atoms with van der Waals surface area (Å²) in [4.78, 5) is 10.9. The summed E-state index contributed by atoms with van der Waals surface area (Å²) in [5, 5.41) is 0. The van der Waals surface area contributed by atoms with Gasteiger partial charge in [0.2, 0.25) is 0 Å². The molecular formula is C10H12O2. The van der Waals surface area contributed by atoms with Crippen LogP contribution in [0, 0.1) is 0 Å². The molecule has 0 unspecified atom stereocenters. The van der Waals surface area contributed by atoms with Crippen LogP contribution in [0.1, 0.15) is 19.8 Å². The maximum absolute atomic E-state index is 10.9. The minimum atomic E-state index is -0.293. The van der Waals surface area contributed by atoms with E-state index < -0.39 is 0 Å². The van der Waals surface area contributed by atoms with Crippen LogP contribution in [0.4, 0.5) is 0 Å². The molecule has 64 valence electrons. The summed E-state index contributed by atoms with van der Waals surface area (Å²) in [7, 11) is 0. The third-order valence-corrected chi connectivity index (χ3v) is 1.51. The van der Waals surface area contributed by atoms with Crippen LogP contribution in [0.25, 0.3) is 0 Å². The highest BCUT2D eigenvalue weighted by Gasteiger charge is 2.03. The highest BCUT2D eigenvalue weighted by atomic mass is 16.5. The highest BCUT2D eigenvalue weighted by Crippen LogP contribution is 2.12. The zero-order valence-electron chi connectivity index (χ0n) is 7.12. The summed E-state index contributed by atoms with van der Waals surface area (Å²) in [6, 6.07) is 0. The largest absolute Gasteiger partial charge is 0.428 e. The zero-order valence-corrected chi connectivity index (χ0v) is 7.12. The van der Waals surface area contributed by atoms with Gasteiger partial charge < -0.3 is 4.74 Å². The topological polar surface area (TPSA) is 26.3 Å². The third-order valence-electron chi connectivity index (χ3n) is 1.51. The summed E-state index contributed by atoms with van der Waals surface area (Å²) in [5.74, 6) is 0.458. The van der Waals surface area contributed by atoms with Crippen molar-refractivity contribution in [2.75, 3.05) is 0 Å². The van der Waals surface area contributed by atoms with Crippen LogP contribution < -0.4 is 0 Å². The van der Waals surface area contributed by atoms with Gasteiger partial charge in [0.05, 0.1) is 0 Å². The maximum atomic E-state index is 10.9. The van der Waals surface area contributed by atoms with Crippen molar-refractivity contribution in [1.82, 2.24) is 0 Å². The van der Waals surface area contributed by atoms with E-state index >= 15 is 0 Å². The van der Waals surface area contributed by atoms with Gasteiger partial charge in [0.15, 0.2) is 0 Å². The maximum Gasteiger partial charge on any atom is 0.335 e. The number of carbonyl (C=O) groups excluding carboxylic acids is 1. The first kappa shape index (κ1) is 8.78. The van der Waals surface area contributed by atoms with Gasteiger partial charge in [-0.25, -0.2) is 4.79 Å². The van der Waals surface area contributed by atoms with Gasteiger partial charge >= 0.3 is 5.97 Å². The molecule has 1 aliphatic carbocycles. The van der Waals surface area contributed by atoms with Crippen molar-refractivity contribution >= 4 is 5.97 Å². The van der Waals surface area contributed by atoms with E-state index in [0.717, 1.165) is 18.6 Å². The summed E-state index contributed by atoms with van der Waals surface area (Å²) in [6.45, 7) is 1.79. The summed E-state index contributed by atoms with van der Waals surface area (Å²) in [5.41, 5.74) is 0. The molecule has 0 aromatic carbocycles. The van der Waals surface area contributed by atoms with E-state index in [1.807, 2.05) is 18.2 Å². The Morgan fingerprint density at radius 3 is 3.08 bits per heavy atom. The molecule has 0 N–H and O–H groups in total. The average Bonchev–Trinajstić information content (AvgIpc) is 2.06. The van der Waals surface area contributed by atoms with Crippen molar-refractivity contribution in [3.05, 3.63) is 36.1 Å². The lowest BCUT2D eigenvalue weighted by molar-refractivity contribution is -0.134. The van der Waals surface area contributed by atoms with E-state index in [9.17, 15) is 4.79 Å².